The molecule has 110 valence electrons. The lowest BCUT2D eigenvalue weighted by molar-refractivity contribution is 0.475. The Morgan fingerprint density at radius 2 is 1.84 bits per heavy atom. The maximum absolute atomic E-state index is 4.36. The van der Waals surface area contributed by atoms with Crippen LogP contribution in [0, 0.1) is 6.92 Å². The summed E-state index contributed by atoms with van der Waals surface area (Å²) in [5, 5.41) is 7.97. The zero-order valence-corrected chi connectivity index (χ0v) is 13.2. The van der Waals surface area contributed by atoms with E-state index in [1.807, 2.05) is 17.9 Å². The van der Waals surface area contributed by atoms with Crippen LogP contribution in [-0.4, -0.2) is 16.3 Å². The summed E-state index contributed by atoms with van der Waals surface area (Å²) in [5.41, 5.74) is 2.66. The van der Waals surface area contributed by atoms with E-state index in [1.165, 1.54) is 56.2 Å². The molecular formula is C16H31N3. The summed E-state index contributed by atoms with van der Waals surface area (Å²) in [6.07, 6.45) is 11.4. The molecule has 0 fully saturated rings. The van der Waals surface area contributed by atoms with Crippen LogP contribution in [0.2, 0.25) is 0 Å². The van der Waals surface area contributed by atoms with Gasteiger partial charge in [0.15, 0.2) is 0 Å². The van der Waals surface area contributed by atoms with Gasteiger partial charge in [-0.25, -0.2) is 0 Å². The van der Waals surface area contributed by atoms with Crippen molar-refractivity contribution in [2.24, 2.45) is 7.05 Å². The van der Waals surface area contributed by atoms with Crippen molar-refractivity contribution < 1.29 is 0 Å². The fourth-order valence-electron chi connectivity index (χ4n) is 2.60. The van der Waals surface area contributed by atoms with Gasteiger partial charge in [-0.3, -0.25) is 4.68 Å². The van der Waals surface area contributed by atoms with E-state index in [9.17, 15) is 0 Å². The van der Waals surface area contributed by atoms with E-state index in [0.29, 0.717) is 6.04 Å². The van der Waals surface area contributed by atoms with Gasteiger partial charge in [0.1, 0.15) is 0 Å². The van der Waals surface area contributed by atoms with Crippen LogP contribution in [0.25, 0.3) is 0 Å². The van der Waals surface area contributed by atoms with Gasteiger partial charge in [0.05, 0.1) is 6.20 Å². The fraction of sp³-hybridized carbons (Fsp3) is 0.812. The number of aryl methyl sites for hydroxylation is 1. The van der Waals surface area contributed by atoms with Crippen molar-refractivity contribution in [2.75, 3.05) is 6.54 Å². The SMILES string of the molecule is CCCCCCCCC(NCC)c1cnn(C)c1C. The van der Waals surface area contributed by atoms with Crippen molar-refractivity contribution in [1.82, 2.24) is 15.1 Å². The third-order valence-electron chi connectivity index (χ3n) is 3.95. The summed E-state index contributed by atoms with van der Waals surface area (Å²) in [6.45, 7) is 7.63. The highest BCUT2D eigenvalue weighted by atomic mass is 15.3. The van der Waals surface area contributed by atoms with E-state index >= 15 is 0 Å². The molecular weight excluding hydrogens is 234 g/mol. The molecule has 19 heavy (non-hydrogen) atoms. The Morgan fingerprint density at radius 3 is 2.42 bits per heavy atom. The van der Waals surface area contributed by atoms with Crippen LogP contribution in [0.1, 0.15) is 76.1 Å². The number of hydrogen-bond donors (Lipinski definition) is 1. The van der Waals surface area contributed by atoms with E-state index in [4.69, 9.17) is 0 Å². The first-order valence-electron chi connectivity index (χ1n) is 7.92. The summed E-state index contributed by atoms with van der Waals surface area (Å²) in [4.78, 5) is 0. The molecule has 0 aromatic carbocycles. The van der Waals surface area contributed by atoms with Gasteiger partial charge in [0.2, 0.25) is 0 Å². The van der Waals surface area contributed by atoms with Crippen LogP contribution in [0.3, 0.4) is 0 Å². The standard InChI is InChI=1S/C16H31N3/c1-5-7-8-9-10-11-12-16(17-6-2)15-13-18-19(4)14(15)3/h13,16-17H,5-12H2,1-4H3. The van der Waals surface area contributed by atoms with Crippen LogP contribution in [0.4, 0.5) is 0 Å². The highest BCUT2D eigenvalue weighted by molar-refractivity contribution is 5.20. The second kappa shape index (κ2) is 9.13. The number of hydrogen-bond acceptors (Lipinski definition) is 2. The molecule has 0 saturated carbocycles. The van der Waals surface area contributed by atoms with Crippen molar-refractivity contribution >= 4 is 0 Å². The molecule has 1 N–H and O–H groups in total. The number of rotatable bonds is 10. The number of nitrogens with zero attached hydrogens (tertiary/aromatic N) is 2. The second-order valence-corrected chi connectivity index (χ2v) is 5.48. The van der Waals surface area contributed by atoms with Crippen molar-refractivity contribution in [1.29, 1.82) is 0 Å². The summed E-state index contributed by atoms with van der Waals surface area (Å²) in [7, 11) is 2.02. The molecule has 1 rings (SSSR count). The lowest BCUT2D eigenvalue weighted by Crippen LogP contribution is -2.21. The average molecular weight is 265 g/mol. The number of aromatic nitrogens is 2. The molecule has 0 aliphatic heterocycles. The molecule has 1 aromatic heterocycles. The molecule has 3 heteroatoms. The zero-order chi connectivity index (χ0) is 14.1. The van der Waals surface area contributed by atoms with Gasteiger partial charge in [-0.2, -0.15) is 5.10 Å². The molecule has 3 nitrogen and oxygen atoms in total. The molecule has 0 radical (unpaired) electrons. The molecule has 1 atom stereocenters. The van der Waals surface area contributed by atoms with Gasteiger partial charge in [-0.15, -0.1) is 0 Å². The third-order valence-corrected chi connectivity index (χ3v) is 3.95. The van der Waals surface area contributed by atoms with Gasteiger partial charge in [0, 0.05) is 24.3 Å². The first-order chi connectivity index (χ1) is 9.20. The topological polar surface area (TPSA) is 29.9 Å². The smallest absolute Gasteiger partial charge is 0.0540 e. The molecule has 1 unspecified atom stereocenters. The number of unbranched alkanes of at least 4 members (excludes halogenated alkanes) is 5. The Bertz CT molecular complexity index is 344. The molecule has 0 saturated heterocycles. The minimum atomic E-state index is 0.477. The van der Waals surface area contributed by atoms with Crippen molar-refractivity contribution in [2.45, 2.75) is 71.8 Å². The Balaban J connectivity index is 2.39. The maximum Gasteiger partial charge on any atom is 0.0540 e. The number of nitrogens with one attached hydrogen (secondary N) is 1. The molecule has 0 aliphatic carbocycles. The van der Waals surface area contributed by atoms with E-state index in [0.717, 1.165) is 6.54 Å². The van der Waals surface area contributed by atoms with E-state index in [-0.39, 0.29) is 0 Å². The lowest BCUT2D eigenvalue weighted by atomic mass is 10.00. The summed E-state index contributed by atoms with van der Waals surface area (Å²) in [5.74, 6) is 0. The summed E-state index contributed by atoms with van der Waals surface area (Å²) in [6, 6.07) is 0.477. The molecule has 0 bridgehead atoms. The maximum atomic E-state index is 4.36. The molecule has 1 aromatic rings. The quantitative estimate of drug-likeness (QED) is 0.645. The van der Waals surface area contributed by atoms with Crippen LogP contribution in [-0.2, 0) is 7.05 Å². The molecule has 0 spiro atoms. The predicted molar refractivity (Wildman–Crippen MR) is 82.4 cm³/mol. The normalized spacial score (nSPS) is 12.8. The lowest BCUT2D eigenvalue weighted by Gasteiger charge is -2.17. The van der Waals surface area contributed by atoms with E-state index in [1.54, 1.807) is 0 Å². The minimum absolute atomic E-state index is 0.477. The van der Waals surface area contributed by atoms with Gasteiger partial charge in [-0.05, 0) is 19.9 Å². The van der Waals surface area contributed by atoms with Crippen molar-refractivity contribution in [3.63, 3.8) is 0 Å². The Labute approximate surface area is 118 Å². The van der Waals surface area contributed by atoms with Gasteiger partial charge in [-0.1, -0.05) is 52.4 Å². The minimum Gasteiger partial charge on any atom is -0.310 e. The van der Waals surface area contributed by atoms with Gasteiger partial charge in [0.25, 0.3) is 0 Å². The first-order valence-corrected chi connectivity index (χ1v) is 7.92. The second-order valence-electron chi connectivity index (χ2n) is 5.48. The summed E-state index contributed by atoms with van der Waals surface area (Å²) >= 11 is 0. The first kappa shape index (κ1) is 16.2. The van der Waals surface area contributed by atoms with Crippen LogP contribution < -0.4 is 5.32 Å². The Kier molecular flexibility index (Phi) is 7.80. The highest BCUT2D eigenvalue weighted by Crippen LogP contribution is 2.22. The van der Waals surface area contributed by atoms with Crippen molar-refractivity contribution in [3.8, 4) is 0 Å². The monoisotopic (exact) mass is 265 g/mol. The van der Waals surface area contributed by atoms with E-state index in [2.05, 4.69) is 31.2 Å². The van der Waals surface area contributed by atoms with Crippen LogP contribution in [0.15, 0.2) is 6.20 Å². The van der Waals surface area contributed by atoms with Crippen molar-refractivity contribution in [3.05, 3.63) is 17.5 Å². The fourth-order valence-corrected chi connectivity index (χ4v) is 2.60. The third kappa shape index (κ3) is 5.35. The Morgan fingerprint density at radius 1 is 1.16 bits per heavy atom. The zero-order valence-electron chi connectivity index (χ0n) is 13.2. The van der Waals surface area contributed by atoms with Gasteiger partial charge >= 0.3 is 0 Å². The summed E-state index contributed by atoms with van der Waals surface area (Å²) < 4.78 is 1.97. The molecule has 0 amide bonds. The highest BCUT2D eigenvalue weighted by Gasteiger charge is 2.15. The van der Waals surface area contributed by atoms with E-state index < -0.39 is 0 Å². The van der Waals surface area contributed by atoms with Crippen LogP contribution in [0.5, 0.6) is 0 Å². The Hall–Kier alpha value is -0.830. The average Bonchev–Trinajstić information content (AvgIpc) is 2.73. The molecule has 0 aliphatic rings. The van der Waals surface area contributed by atoms with Gasteiger partial charge < -0.3 is 5.32 Å². The largest absolute Gasteiger partial charge is 0.310 e. The van der Waals surface area contributed by atoms with Crippen LogP contribution >= 0.6 is 0 Å². The predicted octanol–water partition coefficient (Wildman–Crippen LogP) is 4.13. The molecule has 1 heterocycles.